The van der Waals surface area contributed by atoms with E-state index in [1.165, 1.54) is 0 Å². The van der Waals surface area contributed by atoms with E-state index in [0.717, 1.165) is 26.7 Å². The molecule has 0 heterocycles. The third-order valence-corrected chi connectivity index (χ3v) is 9.86. The maximum Gasteiger partial charge on any atom is 0.460 e. The van der Waals surface area contributed by atoms with Crippen molar-refractivity contribution in [3.05, 3.63) is 0 Å². The second-order valence-corrected chi connectivity index (χ2v) is 15.9. The van der Waals surface area contributed by atoms with Gasteiger partial charge in [-0.2, -0.15) is 38.4 Å². The molecule has 0 fully saturated rings. The molecule has 0 rings (SSSR count). The minimum atomic E-state index is -3.74. The number of hydrogen-bond donors (Lipinski definition) is 6. The highest BCUT2D eigenvalue weighted by atomic mass is 32.2. The largest absolute Gasteiger partial charge is 0.460 e. The SMILES string of the molecule is C[P+](O)(O)O[P+](C)(O)OCCS(=O)(=O)CCO[P+](C)(O)O[P+](C)(O)O. The Morgan fingerprint density at radius 2 is 0.960 bits per heavy atom. The molecule has 17 heteroatoms. The molecule has 0 aliphatic rings. The summed E-state index contributed by atoms with van der Waals surface area (Å²) in [5.74, 6) is -1.04. The van der Waals surface area contributed by atoms with E-state index in [4.69, 9.17) is 28.6 Å². The molecule has 0 saturated heterocycles. The van der Waals surface area contributed by atoms with Gasteiger partial charge in [-0.05, 0) is 0 Å². The average Bonchev–Trinajstić information content (AvgIpc) is 2.19. The predicted molar refractivity (Wildman–Crippen MR) is 97.4 cm³/mol. The molecule has 12 nitrogen and oxygen atoms in total. The molecule has 0 aliphatic carbocycles. The quantitative estimate of drug-likeness (QED) is 0.209. The van der Waals surface area contributed by atoms with Gasteiger partial charge >= 0.3 is 31.8 Å². The Balaban J connectivity index is 4.31. The Hall–Kier alpha value is 1.27. The van der Waals surface area contributed by atoms with Gasteiger partial charge in [0.15, 0.2) is 9.84 Å². The van der Waals surface area contributed by atoms with Crippen molar-refractivity contribution >= 4 is 41.6 Å². The predicted octanol–water partition coefficient (Wildman–Crippen LogP) is -0.00900. The Morgan fingerprint density at radius 1 is 0.680 bits per heavy atom. The molecule has 0 radical (unpaired) electrons. The first-order chi connectivity index (χ1) is 10.8. The van der Waals surface area contributed by atoms with Crippen LogP contribution in [-0.2, 0) is 27.5 Å². The molecule has 0 aromatic carbocycles. The van der Waals surface area contributed by atoms with Gasteiger partial charge in [0.1, 0.15) is 39.9 Å². The molecule has 152 valence electrons. The lowest BCUT2D eigenvalue weighted by Gasteiger charge is -2.13. The highest BCUT2D eigenvalue weighted by molar-refractivity contribution is 7.91. The van der Waals surface area contributed by atoms with Crippen LogP contribution in [0, 0.1) is 0 Å². The van der Waals surface area contributed by atoms with Gasteiger partial charge in [-0.25, -0.2) is 8.42 Å². The summed E-state index contributed by atoms with van der Waals surface area (Å²) in [4.78, 5) is 55.9. The van der Waals surface area contributed by atoms with Crippen LogP contribution in [0.2, 0.25) is 0 Å². The molecule has 6 N–H and O–H groups in total. The smallest absolute Gasteiger partial charge is 0.229 e. The van der Waals surface area contributed by atoms with Gasteiger partial charge in [-0.1, -0.05) is 0 Å². The van der Waals surface area contributed by atoms with Crippen molar-refractivity contribution in [2.24, 2.45) is 0 Å². The van der Waals surface area contributed by atoms with Crippen molar-refractivity contribution in [2.45, 2.75) is 0 Å². The zero-order valence-corrected chi connectivity index (χ0v) is 18.6. The standard InChI is InChI=1S/C8H26O12P4S/c1-21(9,10)19-23(3,13)17-5-7-25(15,16)8-6-18-24(4,14)20-22(2,11)12/h9-14H,5-8H2,1-4H3/q+4. The highest BCUT2D eigenvalue weighted by Crippen LogP contribution is 2.68. The van der Waals surface area contributed by atoms with E-state index >= 15 is 0 Å². The number of hydrogen-bond acceptors (Lipinski definition) is 12. The minimum Gasteiger partial charge on any atom is -0.229 e. The topological polar surface area (TPSA) is 192 Å². The summed E-state index contributed by atoms with van der Waals surface area (Å²) < 4.78 is 42.5. The van der Waals surface area contributed by atoms with Crippen molar-refractivity contribution in [1.29, 1.82) is 0 Å². The summed E-state index contributed by atoms with van der Waals surface area (Å²) >= 11 is 0. The van der Waals surface area contributed by atoms with Crippen LogP contribution in [0.4, 0.5) is 0 Å². The lowest BCUT2D eigenvalue weighted by Crippen LogP contribution is -2.19. The van der Waals surface area contributed by atoms with Gasteiger partial charge in [-0.15, -0.1) is 0 Å². The second kappa shape index (κ2) is 9.65. The third kappa shape index (κ3) is 16.0. The zero-order valence-electron chi connectivity index (χ0n) is 14.2. The molecule has 0 aromatic rings. The normalized spacial score (nSPS) is 18.6. The van der Waals surface area contributed by atoms with Crippen LogP contribution in [0.3, 0.4) is 0 Å². The van der Waals surface area contributed by atoms with Gasteiger partial charge in [0.05, 0.1) is 11.5 Å². The average molecular weight is 470 g/mol. The summed E-state index contributed by atoms with van der Waals surface area (Å²) in [7, 11) is -18.3. The first kappa shape index (κ1) is 26.3. The molecule has 0 aromatic heterocycles. The van der Waals surface area contributed by atoms with Gasteiger partial charge in [-0.3, -0.25) is 0 Å². The van der Waals surface area contributed by atoms with Crippen LogP contribution in [0.1, 0.15) is 0 Å². The van der Waals surface area contributed by atoms with Crippen molar-refractivity contribution in [3.8, 4) is 0 Å². The molecule has 0 amide bonds. The first-order valence-electron chi connectivity index (χ1n) is 6.57. The van der Waals surface area contributed by atoms with Crippen LogP contribution >= 0.6 is 31.8 Å². The van der Waals surface area contributed by atoms with Crippen LogP contribution < -0.4 is 0 Å². The van der Waals surface area contributed by atoms with E-state index in [1.807, 2.05) is 0 Å². The highest BCUT2D eigenvalue weighted by Gasteiger charge is 2.51. The fourth-order valence-corrected chi connectivity index (χ4v) is 8.35. The Kier molecular flexibility index (Phi) is 10.1. The summed E-state index contributed by atoms with van der Waals surface area (Å²) in [5.41, 5.74) is 0. The van der Waals surface area contributed by atoms with Crippen LogP contribution in [0.25, 0.3) is 0 Å². The summed E-state index contributed by atoms with van der Waals surface area (Å²) in [6.07, 6.45) is 0. The van der Waals surface area contributed by atoms with E-state index < -0.39 is 66.3 Å². The number of rotatable bonds is 12. The monoisotopic (exact) mass is 470 g/mol. The zero-order chi connectivity index (χ0) is 20.2. The van der Waals surface area contributed by atoms with Crippen LogP contribution in [0.15, 0.2) is 0 Å². The molecule has 2 unspecified atom stereocenters. The van der Waals surface area contributed by atoms with E-state index in [-0.39, 0.29) is 0 Å². The van der Waals surface area contributed by atoms with Crippen molar-refractivity contribution < 1.29 is 55.4 Å². The maximum atomic E-state index is 11.8. The van der Waals surface area contributed by atoms with Crippen molar-refractivity contribution in [3.63, 3.8) is 0 Å². The van der Waals surface area contributed by atoms with Gasteiger partial charge < -0.3 is 0 Å². The van der Waals surface area contributed by atoms with Gasteiger partial charge in [0.25, 0.3) is 0 Å². The maximum absolute atomic E-state index is 11.8. The van der Waals surface area contributed by atoms with E-state index in [0.29, 0.717) is 0 Å². The van der Waals surface area contributed by atoms with Gasteiger partial charge in [0, 0.05) is 8.62 Å². The number of sulfone groups is 1. The lowest BCUT2D eigenvalue weighted by atomic mass is 10.9. The Morgan fingerprint density at radius 3 is 1.20 bits per heavy atom. The van der Waals surface area contributed by atoms with Crippen LogP contribution in [0.5, 0.6) is 0 Å². The Bertz CT molecular complexity index is 470. The molecular formula is C8H26O12P4S+4. The molecule has 0 bridgehead atoms. The molecule has 2 atom stereocenters. The molecular weight excluding hydrogens is 444 g/mol. The van der Waals surface area contributed by atoms with E-state index in [9.17, 15) is 18.2 Å². The third-order valence-electron chi connectivity index (χ3n) is 2.06. The fraction of sp³-hybridized carbons (Fsp3) is 1.00. The van der Waals surface area contributed by atoms with E-state index in [2.05, 4.69) is 8.62 Å². The lowest BCUT2D eigenvalue weighted by molar-refractivity contribution is 0.233. The van der Waals surface area contributed by atoms with Crippen LogP contribution in [-0.4, -0.2) is 89.2 Å². The Labute approximate surface area is 149 Å². The fourth-order valence-electron chi connectivity index (χ4n) is 1.39. The van der Waals surface area contributed by atoms with E-state index in [1.54, 1.807) is 0 Å². The molecule has 25 heavy (non-hydrogen) atoms. The molecule has 0 saturated carbocycles. The summed E-state index contributed by atoms with van der Waals surface area (Å²) in [5, 5.41) is 0. The summed E-state index contributed by atoms with van der Waals surface area (Å²) in [6.45, 7) is 3.17. The second-order valence-electron chi connectivity index (χ2n) is 5.26. The van der Waals surface area contributed by atoms with Crippen molar-refractivity contribution in [2.75, 3.05) is 51.4 Å². The van der Waals surface area contributed by atoms with Crippen molar-refractivity contribution in [1.82, 2.24) is 0 Å². The minimum absolute atomic E-state index is 0.456. The van der Waals surface area contributed by atoms with Gasteiger partial charge in [0.2, 0.25) is 0 Å². The molecule has 0 spiro atoms. The molecule has 0 aliphatic heterocycles. The summed E-state index contributed by atoms with van der Waals surface area (Å²) in [6, 6.07) is 0. The first-order valence-corrected chi connectivity index (χ1v) is 16.6.